The Bertz CT molecular complexity index is 961. The van der Waals surface area contributed by atoms with Crippen LogP contribution in [0.5, 0.6) is 11.5 Å². The van der Waals surface area contributed by atoms with Crippen molar-refractivity contribution in [2.24, 2.45) is 5.84 Å². The molecule has 172 valence electrons. The number of carbonyl (C=O) groups excluding carboxylic acids is 2. The summed E-state index contributed by atoms with van der Waals surface area (Å²) in [5, 5.41) is 0.829. The fourth-order valence-electron chi connectivity index (χ4n) is 2.30. The molecular weight excluding hydrogens is 471 g/mol. The smallest absolute Gasteiger partial charge is 0.268 e. The van der Waals surface area contributed by atoms with Gasteiger partial charge < -0.3 is 4.74 Å². The number of para-hydroxylation sites is 1. The molecule has 0 aromatic heterocycles. The molecule has 0 unspecified atom stereocenters. The number of amides is 1. The Morgan fingerprint density at radius 2 is 1.19 bits per heavy atom. The third-order valence-electron chi connectivity index (χ3n) is 4.02. The van der Waals surface area contributed by atoms with Crippen LogP contribution in [-0.2, 0) is 0 Å². The minimum Gasteiger partial charge on any atom is -0.457 e. The molecule has 0 saturated heterocycles. The van der Waals surface area contributed by atoms with Gasteiger partial charge in [-0.05, 0) is 68.8 Å². The maximum atomic E-state index is 12.2. The van der Waals surface area contributed by atoms with E-state index in [1.807, 2.05) is 57.2 Å². The Morgan fingerprint density at radius 3 is 1.59 bits per heavy atom. The van der Waals surface area contributed by atoms with Crippen LogP contribution in [-0.4, -0.2) is 21.7 Å². The zero-order valence-electron chi connectivity index (χ0n) is 18.0. The summed E-state index contributed by atoms with van der Waals surface area (Å²) in [6.45, 7) is 5.66. The van der Waals surface area contributed by atoms with Crippen molar-refractivity contribution >= 4 is 47.6 Å². The summed E-state index contributed by atoms with van der Waals surface area (Å²) in [7, 11) is 0. The standard InChI is InChI=1S/C17H20N2O2.C7H5ClO.2ClH/c1-17(2,3)19(18)16(20)13-9-11-15(12-10-13)21-14-7-5-4-6-8-14;8-7(9)6-4-2-1-3-5-6;;/h4-12H,18H2,1-3H3;1-5H;2*1H. The van der Waals surface area contributed by atoms with Crippen LogP contribution in [0.3, 0.4) is 0 Å². The van der Waals surface area contributed by atoms with E-state index in [1.54, 1.807) is 48.5 Å². The quantitative estimate of drug-likeness (QED) is 0.193. The number of benzene rings is 3. The van der Waals surface area contributed by atoms with E-state index in [-0.39, 0.29) is 30.7 Å². The minimum atomic E-state index is -0.420. The molecule has 3 aromatic carbocycles. The van der Waals surface area contributed by atoms with E-state index in [0.717, 1.165) is 5.75 Å². The minimum absolute atomic E-state index is 0. The molecule has 5 nitrogen and oxygen atoms in total. The highest BCUT2D eigenvalue weighted by Crippen LogP contribution is 2.22. The van der Waals surface area contributed by atoms with E-state index < -0.39 is 10.8 Å². The molecule has 0 radical (unpaired) electrons. The summed E-state index contributed by atoms with van der Waals surface area (Å²) >= 11 is 5.16. The Hall–Kier alpha value is -2.57. The number of hydrazine groups is 1. The van der Waals surface area contributed by atoms with E-state index in [1.165, 1.54) is 5.01 Å². The van der Waals surface area contributed by atoms with Crippen molar-refractivity contribution in [3.8, 4) is 11.5 Å². The van der Waals surface area contributed by atoms with Gasteiger partial charge in [0.15, 0.2) is 0 Å². The van der Waals surface area contributed by atoms with Crippen molar-refractivity contribution in [1.82, 2.24) is 5.01 Å². The predicted molar refractivity (Wildman–Crippen MR) is 134 cm³/mol. The molecule has 2 N–H and O–H groups in total. The average Bonchev–Trinajstić information content (AvgIpc) is 2.74. The van der Waals surface area contributed by atoms with Gasteiger partial charge in [-0.15, -0.1) is 24.8 Å². The van der Waals surface area contributed by atoms with Crippen LogP contribution >= 0.6 is 36.4 Å². The van der Waals surface area contributed by atoms with Gasteiger partial charge in [-0.1, -0.05) is 48.5 Å². The summed E-state index contributed by atoms with van der Waals surface area (Å²) in [6.07, 6.45) is 0. The monoisotopic (exact) mass is 496 g/mol. The molecule has 0 aliphatic heterocycles. The summed E-state index contributed by atoms with van der Waals surface area (Å²) < 4.78 is 5.68. The Balaban J connectivity index is 0.000000741. The maximum absolute atomic E-state index is 12.2. The lowest BCUT2D eigenvalue weighted by Gasteiger charge is -2.31. The third kappa shape index (κ3) is 9.28. The van der Waals surface area contributed by atoms with E-state index in [9.17, 15) is 9.59 Å². The van der Waals surface area contributed by atoms with Crippen LogP contribution < -0.4 is 10.6 Å². The first-order valence-corrected chi connectivity index (χ1v) is 9.73. The van der Waals surface area contributed by atoms with E-state index >= 15 is 0 Å². The van der Waals surface area contributed by atoms with E-state index in [0.29, 0.717) is 16.9 Å². The molecule has 8 heteroatoms. The number of halogens is 3. The molecule has 0 aliphatic carbocycles. The molecule has 32 heavy (non-hydrogen) atoms. The average molecular weight is 498 g/mol. The highest BCUT2D eigenvalue weighted by Gasteiger charge is 2.24. The zero-order chi connectivity index (χ0) is 22.1. The fourth-order valence-corrected chi connectivity index (χ4v) is 2.43. The first kappa shape index (κ1) is 29.4. The van der Waals surface area contributed by atoms with Gasteiger partial charge in [-0.3, -0.25) is 14.6 Å². The van der Waals surface area contributed by atoms with Crippen LogP contribution in [0, 0.1) is 0 Å². The first-order chi connectivity index (χ1) is 14.2. The van der Waals surface area contributed by atoms with E-state index in [2.05, 4.69) is 0 Å². The molecule has 3 aromatic rings. The lowest BCUT2D eigenvalue weighted by molar-refractivity contribution is 0.0581. The lowest BCUT2D eigenvalue weighted by Crippen LogP contribution is -2.50. The highest BCUT2D eigenvalue weighted by atomic mass is 35.5. The number of hydrogen-bond acceptors (Lipinski definition) is 4. The second kappa shape index (κ2) is 13.8. The molecule has 1 amide bonds. The maximum Gasteiger partial charge on any atom is 0.268 e. The normalized spacial score (nSPS) is 9.78. The van der Waals surface area contributed by atoms with Crippen LogP contribution in [0.15, 0.2) is 84.9 Å². The van der Waals surface area contributed by atoms with Crippen molar-refractivity contribution in [1.29, 1.82) is 0 Å². The Kier molecular flexibility index (Phi) is 12.7. The molecule has 0 fully saturated rings. The van der Waals surface area contributed by atoms with Gasteiger partial charge in [0, 0.05) is 11.1 Å². The molecule has 0 heterocycles. The summed E-state index contributed by atoms with van der Waals surface area (Å²) in [5.41, 5.74) is 0.656. The molecule has 0 bridgehead atoms. The summed E-state index contributed by atoms with van der Waals surface area (Å²) in [5.74, 6) is 7.06. The lowest BCUT2D eigenvalue weighted by atomic mass is 10.1. The SMILES string of the molecule is CC(C)(C)N(N)C(=O)c1ccc(Oc2ccccc2)cc1.Cl.Cl.O=C(Cl)c1ccccc1. The van der Waals surface area contributed by atoms with Crippen molar-refractivity contribution < 1.29 is 14.3 Å². The molecule has 3 rings (SSSR count). The number of nitrogens with zero attached hydrogens (tertiary/aromatic N) is 1. The predicted octanol–water partition coefficient (Wildman–Crippen LogP) is 6.50. The number of carbonyl (C=O) groups is 2. The molecular formula is C24H27Cl3N2O3. The van der Waals surface area contributed by atoms with Crippen LogP contribution in [0.25, 0.3) is 0 Å². The van der Waals surface area contributed by atoms with Gasteiger partial charge in [0.1, 0.15) is 11.5 Å². The third-order valence-corrected chi connectivity index (χ3v) is 4.24. The van der Waals surface area contributed by atoms with Crippen molar-refractivity contribution in [2.45, 2.75) is 26.3 Å². The largest absolute Gasteiger partial charge is 0.457 e. The Morgan fingerprint density at radius 1 is 0.750 bits per heavy atom. The van der Waals surface area contributed by atoms with Gasteiger partial charge in [-0.25, -0.2) is 5.84 Å². The summed E-state index contributed by atoms with van der Waals surface area (Å²) in [4.78, 5) is 22.6. The topological polar surface area (TPSA) is 72.6 Å². The number of rotatable bonds is 4. The van der Waals surface area contributed by atoms with Gasteiger partial charge in [0.05, 0.1) is 5.54 Å². The summed E-state index contributed by atoms with van der Waals surface area (Å²) in [6, 6.07) is 25.2. The zero-order valence-corrected chi connectivity index (χ0v) is 20.4. The first-order valence-electron chi connectivity index (χ1n) is 9.35. The van der Waals surface area contributed by atoms with Crippen molar-refractivity contribution in [2.75, 3.05) is 0 Å². The fraction of sp³-hybridized carbons (Fsp3) is 0.167. The second-order valence-corrected chi connectivity index (χ2v) is 7.77. The highest BCUT2D eigenvalue weighted by molar-refractivity contribution is 6.67. The van der Waals surface area contributed by atoms with Gasteiger partial charge in [0.2, 0.25) is 0 Å². The molecule has 0 aliphatic rings. The van der Waals surface area contributed by atoms with Gasteiger partial charge in [-0.2, -0.15) is 0 Å². The number of nitrogens with two attached hydrogens (primary N) is 1. The van der Waals surface area contributed by atoms with Crippen LogP contribution in [0.2, 0.25) is 0 Å². The molecule has 0 saturated carbocycles. The van der Waals surface area contributed by atoms with Gasteiger partial charge in [0.25, 0.3) is 11.1 Å². The van der Waals surface area contributed by atoms with Crippen LogP contribution in [0.1, 0.15) is 41.5 Å². The van der Waals surface area contributed by atoms with Crippen molar-refractivity contribution in [3.05, 3.63) is 96.1 Å². The molecule has 0 spiro atoms. The molecule has 0 atom stereocenters. The van der Waals surface area contributed by atoms with Crippen molar-refractivity contribution in [3.63, 3.8) is 0 Å². The Labute approximate surface area is 206 Å². The van der Waals surface area contributed by atoms with Gasteiger partial charge >= 0.3 is 0 Å². The van der Waals surface area contributed by atoms with E-state index in [4.69, 9.17) is 22.2 Å². The second-order valence-electron chi connectivity index (χ2n) is 7.43. The van der Waals surface area contributed by atoms with Crippen LogP contribution in [0.4, 0.5) is 0 Å². The number of hydrogen-bond donors (Lipinski definition) is 1. The number of ether oxygens (including phenoxy) is 1.